The number of carbonyl (C=O) groups excluding carboxylic acids is 1. The average Bonchev–Trinajstić information content (AvgIpc) is 2.91. The molecule has 184 valence electrons. The molecule has 4 rings (SSSR count). The van der Waals surface area contributed by atoms with E-state index in [0.29, 0.717) is 41.0 Å². The van der Waals surface area contributed by atoms with Crippen LogP contribution in [0.3, 0.4) is 0 Å². The predicted molar refractivity (Wildman–Crippen MR) is 146 cm³/mol. The van der Waals surface area contributed by atoms with E-state index in [0.717, 1.165) is 11.1 Å². The Hall–Kier alpha value is -4.53. The molecule has 0 radical (unpaired) electrons. The lowest BCUT2D eigenvalue weighted by Gasteiger charge is -2.09. The molecule has 1 N–H and O–H groups in total. The first-order valence-corrected chi connectivity index (χ1v) is 12.1. The second-order valence-corrected chi connectivity index (χ2v) is 8.85. The summed E-state index contributed by atoms with van der Waals surface area (Å²) in [5.41, 5.74) is 4.51. The lowest BCUT2D eigenvalue weighted by molar-refractivity contribution is -0.112. The van der Waals surface area contributed by atoms with Gasteiger partial charge in [-0.25, -0.2) is 0 Å². The van der Waals surface area contributed by atoms with E-state index in [9.17, 15) is 10.1 Å². The van der Waals surface area contributed by atoms with Crippen LogP contribution >= 0.6 is 11.6 Å². The van der Waals surface area contributed by atoms with Crippen LogP contribution in [0.15, 0.2) is 103 Å². The van der Waals surface area contributed by atoms with Gasteiger partial charge < -0.3 is 14.8 Å². The van der Waals surface area contributed by atoms with Crippen molar-refractivity contribution in [3.05, 3.63) is 130 Å². The maximum Gasteiger partial charge on any atom is 0.266 e. The van der Waals surface area contributed by atoms with E-state index in [1.54, 1.807) is 48.5 Å². The van der Waals surface area contributed by atoms with Gasteiger partial charge in [0.1, 0.15) is 36.4 Å². The van der Waals surface area contributed by atoms with Gasteiger partial charge in [-0.3, -0.25) is 4.79 Å². The van der Waals surface area contributed by atoms with Crippen LogP contribution in [0, 0.1) is 18.3 Å². The third-order valence-electron chi connectivity index (χ3n) is 5.49. The van der Waals surface area contributed by atoms with Gasteiger partial charge in [-0.05, 0) is 78.2 Å². The summed E-state index contributed by atoms with van der Waals surface area (Å²) in [4.78, 5) is 12.7. The molecule has 0 heterocycles. The fourth-order valence-corrected chi connectivity index (χ4v) is 3.67. The van der Waals surface area contributed by atoms with Gasteiger partial charge in [0.25, 0.3) is 5.91 Å². The Morgan fingerprint density at radius 2 is 1.49 bits per heavy atom. The standard InChI is InChI=1S/C31H25ClN2O3/c1-22-5-7-24(8-6-22)20-36-30-15-11-28(12-16-30)34-31(35)26(19-33)17-23-9-13-29(14-10-23)37-21-25-3-2-4-27(32)18-25/h2-18H,20-21H2,1H3,(H,34,35)/b26-17+. The van der Waals surface area contributed by atoms with Crippen LogP contribution in [0.4, 0.5) is 5.69 Å². The van der Waals surface area contributed by atoms with Gasteiger partial charge in [0.15, 0.2) is 0 Å². The zero-order chi connectivity index (χ0) is 26.0. The minimum Gasteiger partial charge on any atom is -0.489 e. The molecule has 6 heteroatoms. The number of benzene rings is 4. The minimum atomic E-state index is -0.489. The number of aryl methyl sites for hydroxylation is 1. The van der Waals surface area contributed by atoms with Gasteiger partial charge in [0, 0.05) is 10.7 Å². The highest BCUT2D eigenvalue weighted by Crippen LogP contribution is 2.20. The first-order valence-electron chi connectivity index (χ1n) is 11.7. The van der Waals surface area contributed by atoms with Gasteiger partial charge in [0.2, 0.25) is 0 Å². The summed E-state index contributed by atoms with van der Waals surface area (Å²) in [5.74, 6) is 0.870. The zero-order valence-electron chi connectivity index (χ0n) is 20.3. The first kappa shape index (κ1) is 25.6. The highest BCUT2D eigenvalue weighted by atomic mass is 35.5. The first-order chi connectivity index (χ1) is 18.0. The van der Waals surface area contributed by atoms with Crippen LogP contribution < -0.4 is 14.8 Å². The SMILES string of the molecule is Cc1ccc(COc2ccc(NC(=O)/C(C#N)=C/c3ccc(OCc4cccc(Cl)c4)cc3)cc2)cc1. The monoisotopic (exact) mass is 508 g/mol. The highest BCUT2D eigenvalue weighted by Gasteiger charge is 2.10. The number of halogens is 1. The number of nitrogens with zero attached hydrogens (tertiary/aromatic N) is 1. The molecular weight excluding hydrogens is 484 g/mol. The molecule has 0 saturated heterocycles. The smallest absolute Gasteiger partial charge is 0.266 e. The summed E-state index contributed by atoms with van der Waals surface area (Å²) in [6.07, 6.45) is 1.54. The number of nitrogens with one attached hydrogen (secondary N) is 1. The summed E-state index contributed by atoms with van der Waals surface area (Å²) < 4.78 is 11.6. The number of amides is 1. The van der Waals surface area contributed by atoms with Gasteiger partial charge in [-0.2, -0.15) is 5.26 Å². The van der Waals surface area contributed by atoms with Crippen LogP contribution in [-0.4, -0.2) is 5.91 Å². The quantitative estimate of drug-likeness (QED) is 0.189. The molecule has 0 saturated carbocycles. The van der Waals surface area contributed by atoms with Crippen molar-refractivity contribution in [2.45, 2.75) is 20.1 Å². The van der Waals surface area contributed by atoms with Gasteiger partial charge in [-0.15, -0.1) is 0 Å². The number of nitriles is 1. The third kappa shape index (κ3) is 7.73. The largest absolute Gasteiger partial charge is 0.489 e. The Bertz CT molecular complexity index is 1420. The van der Waals surface area contributed by atoms with E-state index < -0.39 is 5.91 Å². The number of ether oxygens (including phenoxy) is 2. The van der Waals surface area contributed by atoms with Crippen molar-refractivity contribution in [1.29, 1.82) is 5.26 Å². The Labute approximate surface area is 221 Å². The number of hydrogen-bond donors (Lipinski definition) is 1. The van der Waals surface area contributed by atoms with Crippen molar-refractivity contribution in [2.24, 2.45) is 0 Å². The van der Waals surface area contributed by atoms with Crippen molar-refractivity contribution < 1.29 is 14.3 Å². The van der Waals surface area contributed by atoms with Gasteiger partial charge in [0.05, 0.1) is 0 Å². The molecule has 37 heavy (non-hydrogen) atoms. The Kier molecular flexibility index (Phi) is 8.59. The molecule has 0 bridgehead atoms. The highest BCUT2D eigenvalue weighted by molar-refractivity contribution is 6.30. The van der Waals surface area contributed by atoms with Crippen LogP contribution in [-0.2, 0) is 18.0 Å². The summed E-state index contributed by atoms with van der Waals surface area (Å²) in [6, 6.07) is 31.8. The second kappa shape index (κ2) is 12.4. The molecule has 0 aliphatic rings. The normalized spacial score (nSPS) is 10.9. The maximum absolute atomic E-state index is 12.7. The van der Waals surface area contributed by atoms with E-state index in [1.807, 2.05) is 61.5 Å². The van der Waals surface area contributed by atoms with Crippen LogP contribution in [0.25, 0.3) is 6.08 Å². The molecule has 0 atom stereocenters. The molecule has 5 nitrogen and oxygen atoms in total. The summed E-state index contributed by atoms with van der Waals surface area (Å²) in [5, 5.41) is 12.9. The number of rotatable bonds is 9. The number of carbonyl (C=O) groups is 1. The second-order valence-electron chi connectivity index (χ2n) is 8.41. The molecule has 1 amide bonds. The fraction of sp³-hybridized carbons (Fsp3) is 0.0968. The Morgan fingerprint density at radius 1 is 0.865 bits per heavy atom. The van der Waals surface area contributed by atoms with Crippen LogP contribution in [0.2, 0.25) is 5.02 Å². The number of hydrogen-bond acceptors (Lipinski definition) is 4. The van der Waals surface area contributed by atoms with Crippen LogP contribution in [0.1, 0.15) is 22.3 Å². The molecule has 0 aromatic heterocycles. The number of anilines is 1. The lowest BCUT2D eigenvalue weighted by atomic mass is 10.1. The van der Waals surface area contributed by atoms with Crippen molar-refractivity contribution in [3.8, 4) is 17.6 Å². The molecule has 4 aromatic carbocycles. The topological polar surface area (TPSA) is 71.3 Å². The van der Waals surface area contributed by atoms with E-state index in [-0.39, 0.29) is 5.57 Å². The van der Waals surface area contributed by atoms with Crippen molar-refractivity contribution in [2.75, 3.05) is 5.32 Å². The maximum atomic E-state index is 12.7. The van der Waals surface area contributed by atoms with Crippen molar-refractivity contribution in [1.82, 2.24) is 0 Å². The zero-order valence-corrected chi connectivity index (χ0v) is 21.0. The molecular formula is C31H25ClN2O3. The third-order valence-corrected chi connectivity index (χ3v) is 5.72. The summed E-state index contributed by atoms with van der Waals surface area (Å²) >= 11 is 6.00. The van der Waals surface area contributed by atoms with E-state index in [2.05, 4.69) is 5.32 Å². The fourth-order valence-electron chi connectivity index (χ4n) is 3.45. The van der Waals surface area contributed by atoms with Crippen molar-refractivity contribution >= 4 is 29.3 Å². The summed E-state index contributed by atoms with van der Waals surface area (Å²) in [7, 11) is 0. The Balaban J connectivity index is 1.31. The predicted octanol–water partition coefficient (Wildman–Crippen LogP) is 7.35. The molecule has 0 unspecified atom stereocenters. The van der Waals surface area contributed by atoms with Gasteiger partial charge in [-0.1, -0.05) is 65.7 Å². The van der Waals surface area contributed by atoms with E-state index in [1.165, 1.54) is 11.6 Å². The van der Waals surface area contributed by atoms with Crippen molar-refractivity contribution in [3.63, 3.8) is 0 Å². The molecule has 0 fully saturated rings. The van der Waals surface area contributed by atoms with Crippen LogP contribution in [0.5, 0.6) is 11.5 Å². The minimum absolute atomic E-state index is 0.00714. The lowest BCUT2D eigenvalue weighted by Crippen LogP contribution is -2.13. The average molecular weight is 509 g/mol. The molecule has 0 spiro atoms. The molecule has 0 aliphatic heterocycles. The molecule has 4 aromatic rings. The van der Waals surface area contributed by atoms with E-state index >= 15 is 0 Å². The summed E-state index contributed by atoms with van der Waals surface area (Å²) in [6.45, 7) is 2.88. The van der Waals surface area contributed by atoms with Gasteiger partial charge >= 0.3 is 0 Å². The molecule has 0 aliphatic carbocycles. The van der Waals surface area contributed by atoms with E-state index in [4.69, 9.17) is 21.1 Å². The Morgan fingerprint density at radius 3 is 2.11 bits per heavy atom.